The normalized spacial score (nSPS) is 15.1. The van der Waals surface area contributed by atoms with Crippen molar-refractivity contribution in [2.24, 2.45) is 7.05 Å². The van der Waals surface area contributed by atoms with Gasteiger partial charge in [-0.25, -0.2) is 0 Å². The van der Waals surface area contributed by atoms with Crippen LogP contribution in [0.4, 0.5) is 5.69 Å². The Balaban J connectivity index is 1.79. The molecule has 0 aliphatic heterocycles. The number of nitrogens with zero attached hydrogens (tertiary/aromatic N) is 3. The number of carbonyl (C=O) groups is 2. The highest BCUT2D eigenvalue weighted by molar-refractivity contribution is 6.05. The fraction of sp³-hybridized carbons (Fsp3) is 0.471. The van der Waals surface area contributed by atoms with Crippen LogP contribution in [-0.2, 0) is 7.05 Å². The Morgan fingerprint density at radius 3 is 2.61 bits per heavy atom. The average Bonchev–Trinajstić information content (AvgIpc) is 3.20. The molecule has 2 aromatic rings. The standard InChI is InChI=1S/C17H22N4O2/c1-11-15(9-18-21(11)14-6-4-5-7-14)19-17(23)16-8-13(12(2)22)10-20(16)3/h8-10,14H,4-7H2,1-3H3,(H,19,23). The Morgan fingerprint density at radius 1 is 1.30 bits per heavy atom. The van der Waals surface area contributed by atoms with Crippen LogP contribution in [-0.4, -0.2) is 26.0 Å². The van der Waals surface area contributed by atoms with Gasteiger partial charge in [0.2, 0.25) is 0 Å². The second kappa shape index (κ2) is 6.02. The van der Waals surface area contributed by atoms with Gasteiger partial charge in [0, 0.05) is 18.8 Å². The highest BCUT2D eigenvalue weighted by Crippen LogP contribution is 2.31. The van der Waals surface area contributed by atoms with Gasteiger partial charge in [0.15, 0.2) is 5.78 Å². The molecular formula is C17H22N4O2. The van der Waals surface area contributed by atoms with Crippen molar-refractivity contribution in [2.45, 2.75) is 45.6 Å². The van der Waals surface area contributed by atoms with Crippen LogP contribution in [0.2, 0.25) is 0 Å². The van der Waals surface area contributed by atoms with Crippen LogP contribution in [0.3, 0.4) is 0 Å². The summed E-state index contributed by atoms with van der Waals surface area (Å²) < 4.78 is 3.69. The minimum atomic E-state index is -0.228. The number of ketones is 1. The molecular weight excluding hydrogens is 292 g/mol. The zero-order chi connectivity index (χ0) is 16.6. The number of aromatic nitrogens is 3. The lowest BCUT2D eigenvalue weighted by Crippen LogP contribution is -2.16. The topological polar surface area (TPSA) is 68.9 Å². The molecule has 0 bridgehead atoms. The largest absolute Gasteiger partial charge is 0.346 e. The third-order valence-electron chi connectivity index (χ3n) is 4.61. The van der Waals surface area contributed by atoms with E-state index >= 15 is 0 Å². The Morgan fingerprint density at radius 2 is 2.00 bits per heavy atom. The van der Waals surface area contributed by atoms with E-state index in [1.165, 1.54) is 19.8 Å². The molecule has 1 aliphatic carbocycles. The minimum absolute atomic E-state index is 0.0510. The summed E-state index contributed by atoms with van der Waals surface area (Å²) in [4.78, 5) is 23.9. The number of aryl methyl sites for hydroxylation is 1. The number of rotatable bonds is 4. The number of hydrogen-bond donors (Lipinski definition) is 1. The highest BCUT2D eigenvalue weighted by atomic mass is 16.2. The highest BCUT2D eigenvalue weighted by Gasteiger charge is 2.22. The summed E-state index contributed by atoms with van der Waals surface area (Å²) in [6, 6.07) is 2.06. The SMILES string of the molecule is CC(=O)c1cc(C(=O)Nc2cnn(C3CCCC3)c2C)n(C)c1. The van der Waals surface area contributed by atoms with Gasteiger partial charge in [0.25, 0.3) is 5.91 Å². The Bertz CT molecular complexity index is 751. The number of amides is 1. The van der Waals surface area contributed by atoms with Crippen LogP contribution in [0.1, 0.15) is 65.2 Å². The molecule has 0 atom stereocenters. The summed E-state index contributed by atoms with van der Waals surface area (Å²) >= 11 is 0. The summed E-state index contributed by atoms with van der Waals surface area (Å²) in [5.74, 6) is -0.279. The number of carbonyl (C=O) groups excluding carboxylic acids is 2. The molecule has 2 heterocycles. The van der Waals surface area contributed by atoms with Crippen LogP contribution in [0.15, 0.2) is 18.5 Å². The predicted octanol–water partition coefficient (Wildman–Crippen LogP) is 3.10. The second-order valence-corrected chi connectivity index (χ2v) is 6.26. The van der Waals surface area contributed by atoms with E-state index in [1.807, 2.05) is 11.6 Å². The molecule has 0 spiro atoms. The van der Waals surface area contributed by atoms with Crippen LogP contribution in [0.5, 0.6) is 0 Å². The monoisotopic (exact) mass is 314 g/mol. The number of anilines is 1. The molecule has 2 aromatic heterocycles. The smallest absolute Gasteiger partial charge is 0.272 e. The molecule has 0 radical (unpaired) electrons. The van der Waals surface area contributed by atoms with Gasteiger partial charge >= 0.3 is 0 Å². The quantitative estimate of drug-likeness (QED) is 0.882. The summed E-state index contributed by atoms with van der Waals surface area (Å²) in [6.07, 6.45) is 8.16. The lowest BCUT2D eigenvalue weighted by Gasteiger charge is -2.12. The van der Waals surface area contributed by atoms with E-state index in [0.29, 0.717) is 17.3 Å². The van der Waals surface area contributed by atoms with Crippen molar-refractivity contribution < 1.29 is 9.59 Å². The van der Waals surface area contributed by atoms with Gasteiger partial charge in [-0.3, -0.25) is 14.3 Å². The van der Waals surface area contributed by atoms with Crippen LogP contribution in [0.25, 0.3) is 0 Å². The molecule has 6 nitrogen and oxygen atoms in total. The summed E-state index contributed by atoms with van der Waals surface area (Å²) in [5, 5.41) is 7.35. The third-order valence-corrected chi connectivity index (χ3v) is 4.61. The maximum absolute atomic E-state index is 12.5. The summed E-state index contributed by atoms with van der Waals surface area (Å²) in [6.45, 7) is 3.47. The van der Waals surface area contributed by atoms with Crippen molar-refractivity contribution in [3.8, 4) is 0 Å². The van der Waals surface area contributed by atoms with Crippen molar-refractivity contribution in [3.63, 3.8) is 0 Å². The van der Waals surface area contributed by atoms with E-state index in [2.05, 4.69) is 10.4 Å². The number of hydrogen-bond acceptors (Lipinski definition) is 3. The molecule has 1 fully saturated rings. The van der Waals surface area contributed by atoms with E-state index in [0.717, 1.165) is 24.2 Å². The molecule has 122 valence electrons. The van der Waals surface area contributed by atoms with Gasteiger partial charge in [0.1, 0.15) is 5.69 Å². The van der Waals surface area contributed by atoms with Crippen molar-refractivity contribution in [1.82, 2.24) is 14.3 Å². The maximum atomic E-state index is 12.5. The molecule has 1 amide bonds. The summed E-state index contributed by atoms with van der Waals surface area (Å²) in [7, 11) is 1.76. The van der Waals surface area contributed by atoms with Crippen molar-refractivity contribution in [3.05, 3.63) is 35.4 Å². The summed E-state index contributed by atoms with van der Waals surface area (Å²) in [5.41, 5.74) is 2.71. The van der Waals surface area contributed by atoms with Crippen molar-refractivity contribution in [2.75, 3.05) is 5.32 Å². The Kier molecular flexibility index (Phi) is 4.07. The molecule has 6 heteroatoms. The van der Waals surface area contributed by atoms with E-state index in [4.69, 9.17) is 0 Å². The van der Waals surface area contributed by atoms with E-state index in [9.17, 15) is 9.59 Å². The molecule has 0 aromatic carbocycles. The van der Waals surface area contributed by atoms with Gasteiger partial charge in [0.05, 0.1) is 23.6 Å². The molecule has 23 heavy (non-hydrogen) atoms. The van der Waals surface area contributed by atoms with Gasteiger partial charge in [-0.15, -0.1) is 0 Å². The minimum Gasteiger partial charge on any atom is -0.346 e. The first kappa shape index (κ1) is 15.5. The Hall–Kier alpha value is -2.37. The lowest BCUT2D eigenvalue weighted by atomic mass is 10.2. The fourth-order valence-corrected chi connectivity index (χ4v) is 3.23. The molecule has 1 N–H and O–H groups in total. The van der Waals surface area contributed by atoms with E-state index in [1.54, 1.807) is 30.1 Å². The average molecular weight is 314 g/mol. The van der Waals surface area contributed by atoms with E-state index in [-0.39, 0.29) is 11.7 Å². The van der Waals surface area contributed by atoms with E-state index < -0.39 is 0 Å². The van der Waals surface area contributed by atoms with Gasteiger partial charge in [-0.2, -0.15) is 5.10 Å². The molecule has 1 aliphatic rings. The van der Waals surface area contributed by atoms with Crippen molar-refractivity contribution >= 4 is 17.4 Å². The molecule has 3 rings (SSSR count). The Labute approximate surface area is 135 Å². The van der Waals surface area contributed by atoms with Crippen LogP contribution in [0, 0.1) is 6.92 Å². The van der Waals surface area contributed by atoms with Gasteiger partial charge in [-0.1, -0.05) is 12.8 Å². The first-order valence-corrected chi connectivity index (χ1v) is 8.00. The van der Waals surface area contributed by atoms with Gasteiger partial charge < -0.3 is 9.88 Å². The number of Topliss-reactive ketones (excluding diaryl/α,β-unsaturated/α-hetero) is 1. The first-order chi connectivity index (χ1) is 11.0. The molecule has 0 unspecified atom stereocenters. The third kappa shape index (κ3) is 2.93. The second-order valence-electron chi connectivity index (χ2n) is 6.26. The zero-order valence-electron chi connectivity index (χ0n) is 13.8. The van der Waals surface area contributed by atoms with Gasteiger partial charge in [-0.05, 0) is 32.8 Å². The lowest BCUT2D eigenvalue weighted by molar-refractivity contribution is 0.101. The zero-order valence-corrected chi connectivity index (χ0v) is 13.8. The fourth-order valence-electron chi connectivity index (χ4n) is 3.23. The molecule has 1 saturated carbocycles. The van der Waals surface area contributed by atoms with Crippen molar-refractivity contribution in [1.29, 1.82) is 0 Å². The van der Waals surface area contributed by atoms with Crippen LogP contribution < -0.4 is 5.32 Å². The maximum Gasteiger partial charge on any atom is 0.272 e. The first-order valence-electron chi connectivity index (χ1n) is 8.00. The molecule has 0 saturated heterocycles. The van der Waals surface area contributed by atoms with Crippen LogP contribution >= 0.6 is 0 Å². The predicted molar refractivity (Wildman–Crippen MR) is 87.8 cm³/mol. The number of nitrogens with one attached hydrogen (secondary N) is 1.